The molecule has 2 rings (SSSR count). The fraction of sp³-hybridized carbons (Fsp3) is 0.529. The van der Waals surface area contributed by atoms with E-state index in [9.17, 15) is 9.90 Å². The average Bonchev–Trinajstić information content (AvgIpc) is 2.88. The first-order valence-corrected chi connectivity index (χ1v) is 7.84. The molecule has 0 bridgehead atoms. The fourth-order valence-electron chi connectivity index (χ4n) is 2.62. The molecular formula is C17H25N3O2. The molecule has 120 valence electrons. The van der Waals surface area contributed by atoms with E-state index < -0.39 is 0 Å². The Hall–Kier alpha value is -1.88. The minimum atomic E-state index is -0.162. The summed E-state index contributed by atoms with van der Waals surface area (Å²) in [6, 6.07) is 5.84. The molecule has 0 aliphatic carbocycles. The zero-order chi connectivity index (χ0) is 16.1. The number of aromatic nitrogens is 2. The van der Waals surface area contributed by atoms with E-state index in [1.54, 1.807) is 0 Å². The Bertz CT molecular complexity index is 634. The van der Waals surface area contributed by atoms with Crippen LogP contribution in [0, 0.1) is 12.8 Å². The number of aryl methyl sites for hydroxylation is 2. The van der Waals surface area contributed by atoms with E-state index in [2.05, 4.69) is 29.1 Å². The number of hydrogen-bond donors (Lipinski definition) is 3. The van der Waals surface area contributed by atoms with Crippen LogP contribution >= 0.6 is 0 Å². The maximum absolute atomic E-state index is 12.0. The van der Waals surface area contributed by atoms with Crippen LogP contribution in [-0.4, -0.2) is 33.6 Å². The van der Waals surface area contributed by atoms with Gasteiger partial charge in [-0.25, -0.2) is 4.98 Å². The van der Waals surface area contributed by atoms with E-state index in [-0.39, 0.29) is 18.6 Å². The van der Waals surface area contributed by atoms with E-state index in [1.165, 1.54) is 0 Å². The number of para-hydroxylation sites is 1. The number of H-pyrrole nitrogens is 1. The molecule has 2 aromatic rings. The third-order valence-corrected chi connectivity index (χ3v) is 3.69. The standard InChI is InChI=1S/C17H25N3O2/c1-11(2)9-13(10-21)18-16(22)8-7-15-19-14-6-4-5-12(3)17(14)20-15/h4-6,11,13,21H,7-10H2,1-3H3,(H,18,22)(H,19,20). The molecule has 1 amide bonds. The van der Waals surface area contributed by atoms with Gasteiger partial charge in [0.15, 0.2) is 0 Å². The normalized spacial score (nSPS) is 12.8. The van der Waals surface area contributed by atoms with E-state index in [4.69, 9.17) is 0 Å². The van der Waals surface area contributed by atoms with Gasteiger partial charge in [-0.1, -0.05) is 26.0 Å². The van der Waals surface area contributed by atoms with Gasteiger partial charge in [-0.15, -0.1) is 0 Å². The predicted molar refractivity (Wildman–Crippen MR) is 87.6 cm³/mol. The summed E-state index contributed by atoms with van der Waals surface area (Å²) in [6.45, 7) is 6.16. The van der Waals surface area contributed by atoms with Crippen molar-refractivity contribution in [2.45, 2.75) is 46.1 Å². The molecule has 3 N–H and O–H groups in total. The van der Waals surface area contributed by atoms with Gasteiger partial charge in [0.25, 0.3) is 0 Å². The molecule has 0 fully saturated rings. The Morgan fingerprint density at radius 2 is 2.18 bits per heavy atom. The molecule has 0 saturated heterocycles. The van der Waals surface area contributed by atoms with Gasteiger partial charge in [-0.05, 0) is 30.9 Å². The summed E-state index contributed by atoms with van der Waals surface area (Å²) in [5.74, 6) is 1.22. The molecule has 0 spiro atoms. The number of aromatic amines is 1. The second-order valence-corrected chi connectivity index (χ2v) is 6.23. The molecule has 0 aliphatic rings. The first-order valence-electron chi connectivity index (χ1n) is 7.84. The monoisotopic (exact) mass is 303 g/mol. The SMILES string of the molecule is Cc1cccc2[nH]c(CCC(=O)NC(CO)CC(C)C)nc12. The summed E-state index contributed by atoms with van der Waals surface area (Å²) in [5, 5.41) is 12.2. The van der Waals surface area contributed by atoms with E-state index in [0.29, 0.717) is 18.8 Å². The van der Waals surface area contributed by atoms with Gasteiger partial charge in [0.1, 0.15) is 5.82 Å². The topological polar surface area (TPSA) is 78.0 Å². The van der Waals surface area contributed by atoms with Crippen molar-refractivity contribution in [1.29, 1.82) is 0 Å². The highest BCUT2D eigenvalue weighted by atomic mass is 16.3. The van der Waals surface area contributed by atoms with Crippen molar-refractivity contribution in [3.8, 4) is 0 Å². The molecule has 1 aromatic heterocycles. The zero-order valence-electron chi connectivity index (χ0n) is 13.5. The smallest absolute Gasteiger partial charge is 0.220 e. The van der Waals surface area contributed by atoms with Crippen molar-refractivity contribution in [3.63, 3.8) is 0 Å². The lowest BCUT2D eigenvalue weighted by Crippen LogP contribution is -2.38. The van der Waals surface area contributed by atoms with Crippen LogP contribution < -0.4 is 5.32 Å². The van der Waals surface area contributed by atoms with Gasteiger partial charge in [-0.2, -0.15) is 0 Å². The molecule has 5 nitrogen and oxygen atoms in total. The highest BCUT2D eigenvalue weighted by Gasteiger charge is 2.13. The second kappa shape index (κ2) is 7.40. The van der Waals surface area contributed by atoms with Crippen LogP contribution in [0.25, 0.3) is 11.0 Å². The number of benzene rings is 1. The largest absolute Gasteiger partial charge is 0.394 e. The molecule has 0 radical (unpaired) electrons. The number of hydrogen-bond acceptors (Lipinski definition) is 3. The molecular weight excluding hydrogens is 278 g/mol. The van der Waals surface area contributed by atoms with Gasteiger partial charge in [-0.3, -0.25) is 4.79 Å². The summed E-state index contributed by atoms with van der Waals surface area (Å²) >= 11 is 0. The molecule has 1 heterocycles. The Kier molecular flexibility index (Phi) is 5.55. The Morgan fingerprint density at radius 1 is 1.41 bits per heavy atom. The molecule has 0 saturated carbocycles. The number of aliphatic hydroxyl groups excluding tert-OH is 1. The van der Waals surface area contributed by atoms with Crippen molar-refractivity contribution >= 4 is 16.9 Å². The second-order valence-electron chi connectivity index (χ2n) is 6.23. The summed E-state index contributed by atoms with van der Waals surface area (Å²) < 4.78 is 0. The van der Waals surface area contributed by atoms with Crippen LogP contribution in [0.5, 0.6) is 0 Å². The Balaban J connectivity index is 1.91. The Labute approximate surface area is 131 Å². The molecule has 22 heavy (non-hydrogen) atoms. The molecule has 5 heteroatoms. The van der Waals surface area contributed by atoms with Crippen LogP contribution in [0.2, 0.25) is 0 Å². The first-order chi connectivity index (χ1) is 10.5. The average molecular weight is 303 g/mol. The highest BCUT2D eigenvalue weighted by molar-refractivity contribution is 5.79. The lowest BCUT2D eigenvalue weighted by atomic mass is 10.0. The van der Waals surface area contributed by atoms with Crippen molar-refractivity contribution < 1.29 is 9.90 Å². The number of nitrogens with one attached hydrogen (secondary N) is 2. The third-order valence-electron chi connectivity index (χ3n) is 3.69. The number of carbonyl (C=O) groups is 1. The van der Waals surface area contributed by atoms with Crippen molar-refractivity contribution in [2.24, 2.45) is 5.92 Å². The lowest BCUT2D eigenvalue weighted by molar-refractivity contribution is -0.122. The first kappa shape index (κ1) is 16.5. The fourth-order valence-corrected chi connectivity index (χ4v) is 2.62. The van der Waals surface area contributed by atoms with Crippen LogP contribution in [-0.2, 0) is 11.2 Å². The molecule has 1 unspecified atom stereocenters. The molecule has 0 aliphatic heterocycles. The quantitative estimate of drug-likeness (QED) is 0.734. The van der Waals surface area contributed by atoms with Gasteiger partial charge >= 0.3 is 0 Å². The number of amides is 1. The number of imidazole rings is 1. The minimum Gasteiger partial charge on any atom is -0.394 e. The molecule has 1 atom stereocenters. The number of nitrogens with zero attached hydrogens (tertiary/aromatic N) is 1. The van der Waals surface area contributed by atoms with E-state index in [0.717, 1.165) is 28.8 Å². The van der Waals surface area contributed by atoms with Crippen molar-refractivity contribution in [3.05, 3.63) is 29.6 Å². The van der Waals surface area contributed by atoms with Crippen molar-refractivity contribution in [2.75, 3.05) is 6.61 Å². The van der Waals surface area contributed by atoms with Crippen LogP contribution in [0.4, 0.5) is 0 Å². The van der Waals surface area contributed by atoms with Gasteiger partial charge in [0, 0.05) is 12.8 Å². The zero-order valence-corrected chi connectivity index (χ0v) is 13.5. The molecule has 1 aromatic carbocycles. The van der Waals surface area contributed by atoms with Crippen LogP contribution in [0.1, 0.15) is 38.1 Å². The maximum Gasteiger partial charge on any atom is 0.220 e. The predicted octanol–water partition coefficient (Wildman–Crippen LogP) is 2.33. The lowest BCUT2D eigenvalue weighted by Gasteiger charge is -2.18. The van der Waals surface area contributed by atoms with Crippen molar-refractivity contribution in [1.82, 2.24) is 15.3 Å². The van der Waals surface area contributed by atoms with E-state index in [1.807, 2.05) is 25.1 Å². The number of carbonyl (C=O) groups excluding carboxylic acids is 1. The summed E-state index contributed by atoms with van der Waals surface area (Å²) in [5.41, 5.74) is 3.09. The minimum absolute atomic E-state index is 0.0201. The summed E-state index contributed by atoms with van der Waals surface area (Å²) in [7, 11) is 0. The summed E-state index contributed by atoms with van der Waals surface area (Å²) in [4.78, 5) is 19.8. The number of rotatable bonds is 7. The summed E-state index contributed by atoms with van der Waals surface area (Å²) in [6.07, 6.45) is 1.72. The maximum atomic E-state index is 12.0. The number of fused-ring (bicyclic) bond motifs is 1. The van der Waals surface area contributed by atoms with Gasteiger partial charge in [0.05, 0.1) is 23.7 Å². The van der Waals surface area contributed by atoms with Crippen LogP contribution in [0.15, 0.2) is 18.2 Å². The third kappa shape index (κ3) is 4.31. The highest BCUT2D eigenvalue weighted by Crippen LogP contribution is 2.16. The number of aliphatic hydroxyl groups is 1. The van der Waals surface area contributed by atoms with Gasteiger partial charge in [0.2, 0.25) is 5.91 Å². The van der Waals surface area contributed by atoms with E-state index >= 15 is 0 Å². The Morgan fingerprint density at radius 3 is 2.82 bits per heavy atom. The van der Waals surface area contributed by atoms with Gasteiger partial charge < -0.3 is 15.4 Å². The van der Waals surface area contributed by atoms with Crippen LogP contribution in [0.3, 0.4) is 0 Å².